The van der Waals surface area contributed by atoms with Gasteiger partial charge in [-0.3, -0.25) is 19.2 Å². The van der Waals surface area contributed by atoms with E-state index in [0.29, 0.717) is 5.57 Å². The molecule has 4 rings (SSSR count). The second kappa shape index (κ2) is 13.0. The lowest BCUT2D eigenvalue weighted by atomic mass is 9.44. The fourth-order valence-corrected chi connectivity index (χ4v) is 12.1. The Hall–Kier alpha value is -2.12. The summed E-state index contributed by atoms with van der Waals surface area (Å²) in [5.41, 5.74) is -5.81. The summed E-state index contributed by atoms with van der Waals surface area (Å²) in [5, 5.41) is 24.7. The number of Topliss-reactive ketones (excluding diaryl/α,β-unsaturated/α-hetero) is 1. The zero-order valence-electron chi connectivity index (χ0n) is 30.1. The van der Waals surface area contributed by atoms with Crippen LogP contribution in [0, 0.1) is 22.7 Å². The highest BCUT2D eigenvalue weighted by molar-refractivity contribution is 6.73. The van der Waals surface area contributed by atoms with Crippen molar-refractivity contribution in [2.45, 2.75) is 155 Å². The third-order valence-corrected chi connectivity index (χ3v) is 16.7. The average molecular weight is 681 g/mol. The highest BCUT2D eigenvalue weighted by Crippen LogP contribution is 2.65. The van der Waals surface area contributed by atoms with Crippen LogP contribution in [0.25, 0.3) is 0 Å². The highest BCUT2D eigenvalue weighted by Gasteiger charge is 2.78. The average Bonchev–Trinajstić information content (AvgIpc) is 2.96. The second-order valence-electron chi connectivity index (χ2n) is 15.4. The topological polar surface area (TPSA) is 155 Å². The van der Waals surface area contributed by atoms with Crippen LogP contribution in [0.15, 0.2) is 11.1 Å². The van der Waals surface area contributed by atoms with Crippen LogP contribution in [0.5, 0.6) is 0 Å². The Labute approximate surface area is 280 Å². The van der Waals surface area contributed by atoms with Crippen molar-refractivity contribution in [1.29, 1.82) is 0 Å². The molecule has 2 saturated carbocycles. The molecule has 9 atom stereocenters. The maximum absolute atomic E-state index is 15.5. The fraction of sp³-hybridized carbons (Fsp3) is 0.829. The molecule has 0 aromatic heterocycles. The highest BCUT2D eigenvalue weighted by atomic mass is 28.4. The minimum atomic E-state index is -2.45. The Balaban J connectivity index is 2.15. The largest absolute Gasteiger partial charge is 0.459 e. The summed E-state index contributed by atoms with van der Waals surface area (Å²) in [7, 11) is -2.45. The van der Waals surface area contributed by atoms with E-state index in [1.165, 1.54) is 13.8 Å². The predicted octanol–water partition coefficient (Wildman–Crippen LogP) is 4.41. The normalized spacial score (nSPS) is 38.0. The standard InChI is InChI=1S/C35H56O11Si/c1-12-47(13-2,14-3)46-24-16-25-34(18-42-25,45-22(8)37)29-31(44-26(39)15-19(4)5)35(41)17-23(38)20(6)27(32(35,9)10)28(43-21(7)36)30(40)33(24,29)11/h19,23-25,28-29,31,38,41H,12-18H2,1-11H3/t23-,24-,25+,28+,29?,31-,33+,34-,35+/m0/s1. The van der Waals surface area contributed by atoms with Gasteiger partial charge in [-0.05, 0) is 49.0 Å². The molecule has 2 N–H and O–H groups in total. The van der Waals surface area contributed by atoms with Gasteiger partial charge in [0, 0.05) is 38.5 Å². The molecule has 1 saturated heterocycles. The van der Waals surface area contributed by atoms with Crippen LogP contribution in [0.2, 0.25) is 18.1 Å². The Morgan fingerprint density at radius 2 is 1.62 bits per heavy atom. The van der Waals surface area contributed by atoms with E-state index in [4.69, 9.17) is 23.4 Å². The lowest BCUT2D eigenvalue weighted by Crippen LogP contribution is -2.82. The summed E-state index contributed by atoms with van der Waals surface area (Å²) in [6, 6.07) is 2.33. The number of carbonyl (C=O) groups is 4. The number of hydrogen-bond acceptors (Lipinski definition) is 11. The first-order valence-electron chi connectivity index (χ1n) is 17.2. The van der Waals surface area contributed by atoms with E-state index >= 15 is 4.79 Å². The predicted molar refractivity (Wildman–Crippen MR) is 174 cm³/mol. The molecule has 266 valence electrons. The molecule has 0 amide bonds. The molecule has 1 unspecified atom stereocenters. The van der Waals surface area contributed by atoms with Gasteiger partial charge in [0.05, 0.1) is 30.1 Å². The fourth-order valence-electron chi connectivity index (χ4n) is 9.12. The number of rotatable bonds is 10. The number of ketones is 1. The number of aliphatic hydroxyl groups excluding tert-OH is 1. The van der Waals surface area contributed by atoms with E-state index in [9.17, 15) is 24.6 Å². The molecule has 12 heteroatoms. The first-order valence-corrected chi connectivity index (χ1v) is 19.8. The van der Waals surface area contributed by atoms with Gasteiger partial charge >= 0.3 is 17.9 Å². The smallest absolute Gasteiger partial charge is 0.306 e. The van der Waals surface area contributed by atoms with Gasteiger partial charge < -0.3 is 33.6 Å². The van der Waals surface area contributed by atoms with Crippen molar-refractivity contribution in [2.75, 3.05) is 6.61 Å². The number of esters is 3. The molecule has 4 aliphatic rings. The van der Waals surface area contributed by atoms with Crippen LogP contribution in [-0.2, 0) is 42.6 Å². The zero-order valence-corrected chi connectivity index (χ0v) is 31.1. The van der Waals surface area contributed by atoms with Crippen molar-refractivity contribution < 1.29 is 52.8 Å². The van der Waals surface area contributed by atoms with Gasteiger partial charge in [0.2, 0.25) is 0 Å². The number of fused-ring (bicyclic) bond motifs is 5. The monoisotopic (exact) mass is 680 g/mol. The van der Waals surface area contributed by atoms with Crippen molar-refractivity contribution in [3.63, 3.8) is 0 Å². The number of carbonyl (C=O) groups excluding carboxylic acids is 4. The number of hydrogen-bond donors (Lipinski definition) is 2. The summed E-state index contributed by atoms with van der Waals surface area (Å²) in [6.07, 6.45) is -5.76. The van der Waals surface area contributed by atoms with Crippen molar-refractivity contribution >= 4 is 32.0 Å². The second-order valence-corrected chi connectivity index (χ2v) is 20.1. The summed E-state index contributed by atoms with van der Waals surface area (Å²) in [5.74, 6) is -3.72. The Morgan fingerprint density at radius 1 is 1.02 bits per heavy atom. The lowest BCUT2D eigenvalue weighted by Gasteiger charge is -2.68. The summed E-state index contributed by atoms with van der Waals surface area (Å²) in [6.45, 7) is 19.2. The zero-order chi connectivity index (χ0) is 35.5. The molecule has 0 spiro atoms. The van der Waals surface area contributed by atoms with Crippen molar-refractivity contribution in [3.8, 4) is 0 Å². The molecular formula is C35H56O11Si. The van der Waals surface area contributed by atoms with Gasteiger partial charge in [0.15, 0.2) is 25.8 Å². The first kappa shape index (κ1) is 37.7. The number of ether oxygens (including phenoxy) is 4. The van der Waals surface area contributed by atoms with Crippen LogP contribution in [0.3, 0.4) is 0 Å². The maximum atomic E-state index is 15.5. The minimum Gasteiger partial charge on any atom is -0.459 e. The third-order valence-electron chi connectivity index (χ3n) is 12.1. The SMILES string of the molecule is CC[Si](CC)(CC)O[C@H]1C[C@H]2OC[C@@]2(OC(C)=O)C2[C@H](OC(=O)CC(C)C)[C@]3(O)C[C@H](O)C(C)=C([C@@H](OC(C)=O)C(=O)[C@@]21C)C3(C)C. The van der Waals surface area contributed by atoms with E-state index in [1.54, 1.807) is 27.7 Å². The van der Waals surface area contributed by atoms with Crippen LogP contribution in [0.4, 0.5) is 0 Å². The van der Waals surface area contributed by atoms with Crippen molar-refractivity contribution in [2.24, 2.45) is 22.7 Å². The van der Waals surface area contributed by atoms with Gasteiger partial charge in [0.1, 0.15) is 17.8 Å². The molecule has 2 bridgehead atoms. The number of aliphatic hydroxyl groups is 2. The molecular weight excluding hydrogens is 624 g/mol. The van der Waals surface area contributed by atoms with E-state index in [1.807, 2.05) is 13.8 Å². The maximum Gasteiger partial charge on any atom is 0.306 e. The lowest BCUT2D eigenvalue weighted by molar-refractivity contribution is -0.346. The minimum absolute atomic E-state index is 0.0304. The molecule has 1 heterocycles. The summed E-state index contributed by atoms with van der Waals surface area (Å²) >= 11 is 0. The molecule has 11 nitrogen and oxygen atoms in total. The Morgan fingerprint density at radius 3 is 2.09 bits per heavy atom. The van der Waals surface area contributed by atoms with Gasteiger partial charge in [0.25, 0.3) is 0 Å². The van der Waals surface area contributed by atoms with E-state index in [-0.39, 0.29) is 37.4 Å². The molecule has 0 aromatic rings. The van der Waals surface area contributed by atoms with E-state index < -0.39 is 90.5 Å². The summed E-state index contributed by atoms with van der Waals surface area (Å²) in [4.78, 5) is 54.9. The Kier molecular flexibility index (Phi) is 10.4. The molecule has 0 radical (unpaired) electrons. The van der Waals surface area contributed by atoms with Crippen LogP contribution >= 0.6 is 0 Å². The molecule has 3 fully saturated rings. The van der Waals surface area contributed by atoms with Crippen LogP contribution < -0.4 is 0 Å². The van der Waals surface area contributed by atoms with E-state index in [0.717, 1.165) is 18.1 Å². The first-order chi connectivity index (χ1) is 21.7. The molecule has 47 heavy (non-hydrogen) atoms. The van der Waals surface area contributed by atoms with Gasteiger partial charge in [-0.2, -0.15) is 0 Å². The van der Waals surface area contributed by atoms with Crippen LogP contribution in [0.1, 0.15) is 95.4 Å². The quantitative estimate of drug-likeness (QED) is 0.146. The molecule has 0 aromatic carbocycles. The molecule has 1 aliphatic heterocycles. The van der Waals surface area contributed by atoms with Crippen LogP contribution in [-0.4, -0.2) is 90.6 Å². The van der Waals surface area contributed by atoms with E-state index in [2.05, 4.69) is 20.8 Å². The van der Waals surface area contributed by atoms with Crippen molar-refractivity contribution in [3.05, 3.63) is 11.1 Å². The summed E-state index contributed by atoms with van der Waals surface area (Å²) < 4.78 is 31.7. The Bertz CT molecular complexity index is 1300. The van der Waals surface area contributed by atoms with Gasteiger partial charge in [-0.25, -0.2) is 0 Å². The molecule has 3 aliphatic carbocycles. The van der Waals surface area contributed by atoms with Gasteiger partial charge in [-0.1, -0.05) is 48.5 Å². The van der Waals surface area contributed by atoms with Crippen molar-refractivity contribution in [1.82, 2.24) is 0 Å². The third kappa shape index (κ3) is 5.83. The van der Waals surface area contributed by atoms with Gasteiger partial charge in [-0.15, -0.1) is 0 Å².